The number of amides is 1. The van der Waals surface area contributed by atoms with Crippen molar-refractivity contribution in [1.82, 2.24) is 10.6 Å². The monoisotopic (exact) mass is 598 g/mol. The Morgan fingerprint density at radius 2 is 1.79 bits per heavy atom. The Balaban J connectivity index is 1.31. The number of piperazine rings is 1. The molecule has 0 radical (unpaired) electrons. The third-order valence-corrected chi connectivity index (χ3v) is 8.36. The van der Waals surface area contributed by atoms with Crippen molar-refractivity contribution in [3.63, 3.8) is 0 Å². The maximum atomic E-state index is 13.2. The molecule has 210 valence electrons. The summed E-state index contributed by atoms with van der Waals surface area (Å²) in [6, 6.07) is 11.6. The average Bonchev–Trinajstić information content (AvgIpc) is 2.93. The Kier molecular flexibility index (Phi) is 8.49. The van der Waals surface area contributed by atoms with Crippen molar-refractivity contribution < 1.29 is 19.1 Å². The maximum Gasteiger partial charge on any atom is 0.330 e. The summed E-state index contributed by atoms with van der Waals surface area (Å²) in [5.74, 6) is -0.269. The maximum absolute atomic E-state index is 13.2. The fourth-order valence-electron chi connectivity index (χ4n) is 5.70. The number of anilines is 2. The Bertz CT molecular complexity index is 1190. The van der Waals surface area contributed by atoms with Crippen molar-refractivity contribution in [3.05, 3.63) is 57.6 Å². The van der Waals surface area contributed by atoms with Crippen LogP contribution in [-0.2, 0) is 27.1 Å². The molecule has 39 heavy (non-hydrogen) atoms. The van der Waals surface area contributed by atoms with Gasteiger partial charge in [0.1, 0.15) is 11.6 Å². The van der Waals surface area contributed by atoms with Crippen LogP contribution in [0.15, 0.2) is 40.9 Å². The Labute approximate surface area is 239 Å². The predicted octanol–water partition coefficient (Wildman–Crippen LogP) is 3.69. The van der Waals surface area contributed by atoms with Crippen molar-refractivity contribution in [2.75, 3.05) is 55.7 Å². The fourth-order valence-corrected chi connectivity index (χ4v) is 6.27. The molecule has 0 spiro atoms. The molecule has 8 nitrogen and oxygen atoms in total. The molecule has 0 saturated carbocycles. The normalized spacial score (nSPS) is 21.7. The van der Waals surface area contributed by atoms with Gasteiger partial charge in [-0.25, -0.2) is 4.79 Å². The molecule has 0 aromatic heterocycles. The molecule has 2 atom stereocenters. The van der Waals surface area contributed by atoms with Gasteiger partial charge < -0.3 is 29.9 Å². The number of ether oxygens (including phenoxy) is 2. The third-order valence-electron chi connectivity index (χ3n) is 7.62. The molecule has 2 aliphatic heterocycles. The SMILES string of the molecule is CC(C)(C)OC(=O)C1CNCCN1c1ccc(Br)c2c1C[C@H](NC(=O)c1ccc(N3CCOCC3)cc1)CC2. The third kappa shape index (κ3) is 6.58. The molecule has 5 rings (SSSR count). The minimum absolute atomic E-state index is 0.0138. The average molecular weight is 600 g/mol. The number of rotatable bonds is 5. The summed E-state index contributed by atoms with van der Waals surface area (Å²) >= 11 is 3.75. The van der Waals surface area contributed by atoms with E-state index in [1.165, 1.54) is 11.1 Å². The number of nitrogens with zero attached hydrogens (tertiary/aromatic N) is 2. The molecule has 2 fully saturated rings. The number of carbonyl (C=O) groups excluding carboxylic acids is 2. The number of nitrogens with one attached hydrogen (secondary N) is 2. The molecule has 2 saturated heterocycles. The van der Waals surface area contributed by atoms with Gasteiger partial charge in [0.05, 0.1) is 13.2 Å². The van der Waals surface area contributed by atoms with Crippen LogP contribution < -0.4 is 20.4 Å². The number of hydrogen-bond acceptors (Lipinski definition) is 7. The molecule has 1 unspecified atom stereocenters. The first-order chi connectivity index (χ1) is 18.7. The van der Waals surface area contributed by atoms with Crippen LogP contribution in [0, 0.1) is 0 Å². The minimum atomic E-state index is -0.547. The number of hydrogen-bond donors (Lipinski definition) is 2. The Morgan fingerprint density at radius 1 is 1.05 bits per heavy atom. The van der Waals surface area contributed by atoms with Crippen molar-refractivity contribution in [3.8, 4) is 0 Å². The van der Waals surface area contributed by atoms with Gasteiger partial charge in [-0.3, -0.25) is 4.79 Å². The number of carbonyl (C=O) groups is 2. The van der Waals surface area contributed by atoms with Crippen molar-refractivity contribution in [2.24, 2.45) is 0 Å². The first-order valence-corrected chi connectivity index (χ1v) is 14.7. The molecule has 9 heteroatoms. The van der Waals surface area contributed by atoms with Crippen molar-refractivity contribution in [1.29, 1.82) is 0 Å². The van der Waals surface area contributed by atoms with Gasteiger partial charge in [-0.2, -0.15) is 0 Å². The lowest BCUT2D eigenvalue weighted by Crippen LogP contribution is -2.57. The molecule has 2 aromatic rings. The summed E-state index contributed by atoms with van der Waals surface area (Å²) in [5.41, 5.74) is 4.74. The summed E-state index contributed by atoms with van der Waals surface area (Å²) in [4.78, 5) is 30.8. The van der Waals surface area contributed by atoms with Crippen LogP contribution in [0.3, 0.4) is 0 Å². The molecule has 2 heterocycles. The number of morpholine rings is 1. The topological polar surface area (TPSA) is 83.1 Å². The second kappa shape index (κ2) is 11.9. The number of fused-ring (bicyclic) bond motifs is 1. The van der Waals surface area contributed by atoms with E-state index in [2.05, 4.69) is 48.5 Å². The van der Waals surface area contributed by atoms with E-state index in [9.17, 15) is 9.59 Å². The summed E-state index contributed by atoms with van der Waals surface area (Å²) < 4.78 is 12.3. The first-order valence-electron chi connectivity index (χ1n) is 13.9. The van der Waals surface area contributed by atoms with E-state index < -0.39 is 11.6 Å². The van der Waals surface area contributed by atoms with Gasteiger partial charge >= 0.3 is 5.97 Å². The zero-order valence-corrected chi connectivity index (χ0v) is 24.7. The van der Waals surface area contributed by atoms with E-state index in [0.717, 1.165) is 61.5 Å². The summed E-state index contributed by atoms with van der Waals surface area (Å²) in [6.45, 7) is 10.9. The van der Waals surface area contributed by atoms with Crippen LogP contribution in [0.1, 0.15) is 48.7 Å². The predicted molar refractivity (Wildman–Crippen MR) is 157 cm³/mol. The standard InChI is InChI=1S/C30H39BrN4O4/c1-30(2,3)39-29(37)27-19-32-12-13-35(27)26-11-10-25(31)23-9-6-21(18-24(23)26)33-28(36)20-4-7-22(8-5-20)34-14-16-38-17-15-34/h4-5,7-8,10-11,21,27,32H,6,9,12-19H2,1-3H3,(H,33,36)/t21-,27?/m1/s1. The molecule has 0 bridgehead atoms. The van der Waals surface area contributed by atoms with Gasteiger partial charge in [0.15, 0.2) is 0 Å². The zero-order chi connectivity index (χ0) is 27.6. The van der Waals surface area contributed by atoms with E-state index in [-0.39, 0.29) is 17.9 Å². The molecular formula is C30H39BrN4O4. The molecular weight excluding hydrogens is 560 g/mol. The van der Waals surface area contributed by atoms with E-state index in [1.807, 2.05) is 45.0 Å². The first kappa shape index (κ1) is 27.9. The molecule has 1 amide bonds. The molecule has 2 aromatic carbocycles. The van der Waals surface area contributed by atoms with Gasteiger partial charge in [-0.1, -0.05) is 15.9 Å². The van der Waals surface area contributed by atoms with E-state index in [1.54, 1.807) is 0 Å². The highest BCUT2D eigenvalue weighted by molar-refractivity contribution is 9.10. The van der Waals surface area contributed by atoms with Gasteiger partial charge in [-0.15, -0.1) is 0 Å². The van der Waals surface area contributed by atoms with E-state index in [4.69, 9.17) is 9.47 Å². The van der Waals surface area contributed by atoms with Gasteiger partial charge in [-0.05, 0) is 87.6 Å². The van der Waals surface area contributed by atoms with Crippen LogP contribution in [0.4, 0.5) is 11.4 Å². The van der Waals surface area contributed by atoms with Crippen LogP contribution in [0.2, 0.25) is 0 Å². The van der Waals surface area contributed by atoms with Gasteiger partial charge in [0.25, 0.3) is 5.91 Å². The Hall–Kier alpha value is -2.62. The quantitative estimate of drug-likeness (QED) is 0.508. The van der Waals surface area contributed by atoms with Crippen LogP contribution in [0.5, 0.6) is 0 Å². The van der Waals surface area contributed by atoms with Gasteiger partial charge in [0, 0.05) is 60.2 Å². The lowest BCUT2D eigenvalue weighted by atomic mass is 9.86. The van der Waals surface area contributed by atoms with Crippen molar-refractivity contribution >= 4 is 39.2 Å². The molecule has 3 aliphatic rings. The molecule has 1 aliphatic carbocycles. The highest BCUT2D eigenvalue weighted by Crippen LogP contribution is 2.37. The van der Waals surface area contributed by atoms with E-state index in [0.29, 0.717) is 25.1 Å². The number of halogens is 1. The smallest absolute Gasteiger partial charge is 0.330 e. The summed E-state index contributed by atoms with van der Waals surface area (Å²) in [5, 5.41) is 6.63. The van der Waals surface area contributed by atoms with E-state index >= 15 is 0 Å². The lowest BCUT2D eigenvalue weighted by Gasteiger charge is -2.40. The largest absolute Gasteiger partial charge is 0.458 e. The fraction of sp³-hybridized carbons (Fsp3) is 0.533. The van der Waals surface area contributed by atoms with Crippen molar-refractivity contribution in [2.45, 2.75) is 57.7 Å². The summed E-state index contributed by atoms with van der Waals surface area (Å²) in [7, 11) is 0. The van der Waals surface area contributed by atoms with Gasteiger partial charge in [0.2, 0.25) is 0 Å². The van der Waals surface area contributed by atoms with Crippen LogP contribution in [0.25, 0.3) is 0 Å². The van der Waals surface area contributed by atoms with Crippen LogP contribution in [-0.4, -0.2) is 75.5 Å². The number of esters is 1. The second-order valence-corrected chi connectivity index (χ2v) is 12.4. The number of benzene rings is 2. The van der Waals surface area contributed by atoms with Crippen LogP contribution >= 0.6 is 15.9 Å². The second-order valence-electron chi connectivity index (χ2n) is 11.5. The molecule has 2 N–H and O–H groups in total. The lowest BCUT2D eigenvalue weighted by molar-refractivity contribution is -0.156. The highest BCUT2D eigenvalue weighted by Gasteiger charge is 2.35. The zero-order valence-electron chi connectivity index (χ0n) is 23.1. The minimum Gasteiger partial charge on any atom is -0.458 e. The summed E-state index contributed by atoms with van der Waals surface area (Å²) in [6.07, 6.45) is 2.43. The highest BCUT2D eigenvalue weighted by atomic mass is 79.9. The Morgan fingerprint density at radius 3 is 2.51 bits per heavy atom.